The van der Waals surface area contributed by atoms with Gasteiger partial charge in [-0.15, -0.1) is 0 Å². The van der Waals surface area contributed by atoms with E-state index >= 15 is 0 Å². The number of nitrogens with two attached hydrogens (primary N) is 1. The topological polar surface area (TPSA) is 90.7 Å². The summed E-state index contributed by atoms with van der Waals surface area (Å²) in [5.41, 5.74) is 12.7. The van der Waals surface area contributed by atoms with Crippen molar-refractivity contribution in [3.63, 3.8) is 0 Å². The van der Waals surface area contributed by atoms with Gasteiger partial charge in [0.25, 0.3) is 5.91 Å². The van der Waals surface area contributed by atoms with Crippen LogP contribution in [0.3, 0.4) is 0 Å². The number of aromatic nitrogens is 4. The molecular weight excluding hydrogens is 476 g/mol. The van der Waals surface area contributed by atoms with Gasteiger partial charge >= 0.3 is 0 Å². The maximum Gasteiger partial charge on any atom is 0.254 e. The Balaban J connectivity index is 1.36. The number of nitrogens with zero attached hydrogens (tertiary/aromatic N) is 5. The second kappa shape index (κ2) is 8.56. The standard InChI is InChI=1S/C30H36N6O2/c1-5-21-7-6-18-11-25(34(29(18)32-21)15-20-10-16(20)2)28-17(3)35-26(33-28)12-19(13-27(35)38-4)30(37)36-22-8-9-24(36)23(31)14-22/h6-7,11-13,16,20,22-24H,5,8-10,14-15,31H2,1-4H3/t16?,20?,22-,23+,24+/m0/s1. The number of carbonyl (C=O) groups excluding carboxylic acids is 1. The van der Waals surface area contributed by atoms with E-state index in [4.69, 9.17) is 20.4 Å². The fourth-order valence-corrected chi connectivity index (χ4v) is 6.93. The minimum absolute atomic E-state index is 0.0292. The predicted molar refractivity (Wildman–Crippen MR) is 147 cm³/mol. The Bertz CT molecular complexity index is 1580. The summed E-state index contributed by atoms with van der Waals surface area (Å²) in [7, 11) is 1.65. The maximum absolute atomic E-state index is 13.7. The van der Waals surface area contributed by atoms with Crippen LogP contribution in [-0.4, -0.2) is 55.0 Å². The van der Waals surface area contributed by atoms with E-state index in [1.165, 1.54) is 6.42 Å². The van der Waals surface area contributed by atoms with Crippen molar-refractivity contribution in [3.8, 4) is 17.3 Å². The zero-order valence-electron chi connectivity index (χ0n) is 22.6. The molecule has 2 aliphatic heterocycles. The summed E-state index contributed by atoms with van der Waals surface area (Å²) in [6.07, 6.45) is 5.06. The van der Waals surface area contributed by atoms with Gasteiger partial charge in [0, 0.05) is 47.4 Å². The minimum atomic E-state index is 0.0292. The van der Waals surface area contributed by atoms with Gasteiger partial charge in [0.2, 0.25) is 0 Å². The fourth-order valence-electron chi connectivity index (χ4n) is 6.93. The Morgan fingerprint density at radius 1 is 1.16 bits per heavy atom. The molecule has 5 atom stereocenters. The van der Waals surface area contributed by atoms with Gasteiger partial charge in [-0.3, -0.25) is 9.20 Å². The molecule has 8 nitrogen and oxygen atoms in total. The third-order valence-corrected chi connectivity index (χ3v) is 9.29. The first kappa shape index (κ1) is 23.7. The quantitative estimate of drug-likeness (QED) is 0.408. The summed E-state index contributed by atoms with van der Waals surface area (Å²) in [6, 6.07) is 10.7. The van der Waals surface area contributed by atoms with E-state index in [1.54, 1.807) is 7.11 Å². The van der Waals surface area contributed by atoms with E-state index in [2.05, 4.69) is 43.5 Å². The molecule has 0 spiro atoms. The lowest BCUT2D eigenvalue weighted by Crippen LogP contribution is -2.40. The second-order valence-corrected chi connectivity index (χ2v) is 11.6. The second-order valence-electron chi connectivity index (χ2n) is 11.6. The average Bonchev–Trinajstić information content (AvgIpc) is 3.27. The molecule has 2 N–H and O–H groups in total. The molecule has 4 aromatic heterocycles. The first-order valence-electron chi connectivity index (χ1n) is 14.0. The van der Waals surface area contributed by atoms with E-state index in [0.717, 1.165) is 77.6 Å². The van der Waals surface area contributed by atoms with Crippen molar-refractivity contribution in [1.29, 1.82) is 0 Å². The molecule has 1 saturated carbocycles. The molecule has 2 unspecified atom stereocenters. The molecule has 2 saturated heterocycles. The third-order valence-electron chi connectivity index (χ3n) is 9.29. The summed E-state index contributed by atoms with van der Waals surface area (Å²) < 4.78 is 10.2. The first-order valence-corrected chi connectivity index (χ1v) is 14.0. The molecule has 38 heavy (non-hydrogen) atoms. The molecule has 3 aliphatic rings. The SMILES string of the molecule is CCc1ccc2cc(-c3nc4cc(C(=O)N5[C@H]6CC[C@@H]5[C@H](N)C6)cc(OC)n4c3C)n(CC3CC3C)c2n1. The van der Waals surface area contributed by atoms with E-state index in [0.29, 0.717) is 17.4 Å². The van der Waals surface area contributed by atoms with Crippen LogP contribution in [0.5, 0.6) is 5.88 Å². The maximum atomic E-state index is 13.7. The van der Waals surface area contributed by atoms with Crippen LogP contribution >= 0.6 is 0 Å². The van der Waals surface area contributed by atoms with E-state index in [1.807, 2.05) is 21.4 Å². The van der Waals surface area contributed by atoms with Gasteiger partial charge in [0.05, 0.1) is 18.5 Å². The van der Waals surface area contributed by atoms with Gasteiger partial charge in [-0.05, 0) is 75.1 Å². The smallest absolute Gasteiger partial charge is 0.254 e. The molecular formula is C30H36N6O2. The van der Waals surface area contributed by atoms with Crippen molar-refractivity contribution in [1.82, 2.24) is 23.8 Å². The summed E-state index contributed by atoms with van der Waals surface area (Å²) in [5, 5.41) is 1.13. The van der Waals surface area contributed by atoms with Gasteiger partial charge in [0.1, 0.15) is 17.0 Å². The monoisotopic (exact) mass is 512 g/mol. The van der Waals surface area contributed by atoms with E-state index < -0.39 is 0 Å². The number of hydrogen-bond donors (Lipinski definition) is 1. The van der Waals surface area contributed by atoms with Crippen LogP contribution in [0.25, 0.3) is 28.1 Å². The lowest BCUT2D eigenvalue weighted by Gasteiger charge is -2.23. The van der Waals surface area contributed by atoms with Crippen molar-refractivity contribution >= 4 is 22.6 Å². The zero-order chi connectivity index (χ0) is 26.3. The third kappa shape index (κ3) is 3.49. The van der Waals surface area contributed by atoms with Crippen molar-refractivity contribution in [2.75, 3.05) is 7.11 Å². The Labute approximate surface area is 222 Å². The molecule has 1 amide bonds. The number of methoxy groups -OCH3 is 1. The highest BCUT2D eigenvalue weighted by atomic mass is 16.5. The number of carbonyl (C=O) groups is 1. The van der Waals surface area contributed by atoms with Crippen molar-refractivity contribution in [3.05, 3.63) is 47.3 Å². The average molecular weight is 513 g/mol. The lowest BCUT2D eigenvalue weighted by atomic mass is 9.97. The number of ether oxygens (including phenoxy) is 1. The fraction of sp³-hybridized carbons (Fsp3) is 0.500. The number of aryl methyl sites for hydroxylation is 2. The summed E-state index contributed by atoms with van der Waals surface area (Å²) in [5.74, 6) is 2.04. The van der Waals surface area contributed by atoms with Crippen LogP contribution in [0.4, 0.5) is 0 Å². The molecule has 1 aliphatic carbocycles. The molecule has 2 bridgehead atoms. The zero-order valence-corrected chi connectivity index (χ0v) is 22.6. The van der Waals surface area contributed by atoms with Gasteiger partial charge in [-0.25, -0.2) is 9.97 Å². The Morgan fingerprint density at radius 2 is 1.97 bits per heavy atom. The van der Waals surface area contributed by atoms with Crippen LogP contribution < -0.4 is 10.5 Å². The lowest BCUT2D eigenvalue weighted by molar-refractivity contribution is 0.0726. The van der Waals surface area contributed by atoms with E-state index in [-0.39, 0.29) is 24.0 Å². The van der Waals surface area contributed by atoms with Crippen LogP contribution in [0.15, 0.2) is 30.3 Å². The highest BCUT2D eigenvalue weighted by molar-refractivity contribution is 5.96. The number of amides is 1. The highest BCUT2D eigenvalue weighted by Crippen LogP contribution is 2.42. The van der Waals surface area contributed by atoms with Gasteiger partial charge in [-0.1, -0.05) is 13.8 Å². The molecule has 6 heterocycles. The highest BCUT2D eigenvalue weighted by Gasteiger charge is 2.47. The Hall–Kier alpha value is -3.39. The first-order chi connectivity index (χ1) is 18.4. The van der Waals surface area contributed by atoms with Crippen LogP contribution in [0, 0.1) is 18.8 Å². The normalized spacial score (nSPS) is 26.1. The predicted octanol–water partition coefficient (Wildman–Crippen LogP) is 4.59. The summed E-state index contributed by atoms with van der Waals surface area (Å²) >= 11 is 0. The van der Waals surface area contributed by atoms with Crippen LogP contribution in [0.1, 0.15) is 61.3 Å². The summed E-state index contributed by atoms with van der Waals surface area (Å²) in [4.78, 5) is 25.8. The van der Waals surface area contributed by atoms with E-state index in [9.17, 15) is 4.79 Å². The molecule has 198 valence electrons. The Morgan fingerprint density at radius 3 is 2.63 bits per heavy atom. The number of imidazole rings is 1. The number of pyridine rings is 2. The van der Waals surface area contributed by atoms with Gasteiger partial charge in [-0.2, -0.15) is 0 Å². The minimum Gasteiger partial charge on any atom is -0.482 e. The molecule has 4 aromatic rings. The molecule has 0 aromatic carbocycles. The van der Waals surface area contributed by atoms with Gasteiger partial charge in [0.15, 0.2) is 5.88 Å². The van der Waals surface area contributed by atoms with Gasteiger partial charge < -0.3 is 19.9 Å². The molecule has 0 radical (unpaired) electrons. The largest absolute Gasteiger partial charge is 0.482 e. The van der Waals surface area contributed by atoms with Crippen molar-refractivity contribution in [2.45, 2.75) is 77.5 Å². The summed E-state index contributed by atoms with van der Waals surface area (Å²) in [6.45, 7) is 7.47. The van der Waals surface area contributed by atoms with Crippen LogP contribution in [-0.2, 0) is 13.0 Å². The number of hydrogen-bond acceptors (Lipinski definition) is 5. The van der Waals surface area contributed by atoms with Crippen LogP contribution in [0.2, 0.25) is 0 Å². The van der Waals surface area contributed by atoms with Crippen molar-refractivity contribution < 1.29 is 9.53 Å². The number of fused-ring (bicyclic) bond motifs is 4. The number of rotatable bonds is 6. The molecule has 8 heteroatoms. The Kier molecular flexibility index (Phi) is 5.34. The molecule has 3 fully saturated rings. The van der Waals surface area contributed by atoms with Crippen molar-refractivity contribution in [2.24, 2.45) is 17.6 Å². The molecule has 7 rings (SSSR count).